The Bertz CT molecular complexity index is 632. The second-order valence-electron chi connectivity index (χ2n) is 4.40. The zero-order chi connectivity index (χ0) is 14.5. The van der Waals surface area contributed by atoms with E-state index in [0.29, 0.717) is 12.8 Å². The molecule has 104 valence electrons. The third-order valence-corrected chi connectivity index (χ3v) is 2.98. The molecule has 2 rings (SSSR count). The summed E-state index contributed by atoms with van der Waals surface area (Å²) in [4.78, 5) is 22.7. The number of ether oxygens (including phenoxy) is 1. The molecule has 0 spiro atoms. The van der Waals surface area contributed by atoms with Gasteiger partial charge in [0.1, 0.15) is 0 Å². The largest absolute Gasteiger partial charge is 0.461 e. The van der Waals surface area contributed by atoms with Crippen molar-refractivity contribution in [3.8, 4) is 0 Å². The fraction of sp³-hybridized carbons (Fsp3) is 0.267. The molecule has 1 heterocycles. The lowest BCUT2D eigenvalue weighted by atomic mass is 10.1. The summed E-state index contributed by atoms with van der Waals surface area (Å²) in [5.74, 6) is -0.571. The average molecular weight is 272 g/mol. The van der Waals surface area contributed by atoms with E-state index in [2.05, 4.69) is 5.10 Å². The minimum Gasteiger partial charge on any atom is -0.461 e. The predicted molar refractivity (Wildman–Crippen MR) is 73.9 cm³/mol. The lowest BCUT2D eigenvalue weighted by molar-refractivity contribution is 0.0516. The van der Waals surface area contributed by atoms with E-state index in [0.717, 1.165) is 11.1 Å². The van der Waals surface area contributed by atoms with Crippen molar-refractivity contribution in [3.05, 3.63) is 52.8 Å². The van der Waals surface area contributed by atoms with E-state index in [4.69, 9.17) is 4.74 Å². The van der Waals surface area contributed by atoms with Crippen LogP contribution in [0, 0.1) is 6.92 Å². The summed E-state index contributed by atoms with van der Waals surface area (Å²) in [7, 11) is 0. The summed E-state index contributed by atoms with van der Waals surface area (Å²) in [6.45, 7) is 4.48. The molecular formula is C15H16N2O3. The molecule has 0 fully saturated rings. The van der Waals surface area contributed by atoms with Gasteiger partial charge in [-0.2, -0.15) is 5.10 Å². The first-order chi connectivity index (χ1) is 9.65. The number of aldehydes is 1. The van der Waals surface area contributed by atoms with Crippen LogP contribution in [-0.4, -0.2) is 28.6 Å². The van der Waals surface area contributed by atoms with Crippen molar-refractivity contribution in [1.29, 1.82) is 0 Å². The second kappa shape index (κ2) is 6.14. The number of rotatable bonds is 5. The average Bonchev–Trinajstić information content (AvgIpc) is 2.85. The fourth-order valence-corrected chi connectivity index (χ4v) is 1.92. The summed E-state index contributed by atoms with van der Waals surface area (Å²) in [5, 5.41) is 4.15. The van der Waals surface area contributed by atoms with Crippen LogP contribution in [0.5, 0.6) is 0 Å². The molecule has 0 aliphatic heterocycles. The van der Waals surface area contributed by atoms with Crippen LogP contribution < -0.4 is 0 Å². The number of nitrogens with zero attached hydrogens (tertiary/aromatic N) is 2. The van der Waals surface area contributed by atoms with E-state index in [1.807, 2.05) is 31.2 Å². The van der Waals surface area contributed by atoms with Gasteiger partial charge in [0.05, 0.1) is 18.7 Å². The van der Waals surface area contributed by atoms with Crippen LogP contribution in [0.3, 0.4) is 0 Å². The molecule has 20 heavy (non-hydrogen) atoms. The van der Waals surface area contributed by atoms with Crippen LogP contribution in [-0.2, 0) is 11.3 Å². The van der Waals surface area contributed by atoms with Gasteiger partial charge in [0, 0.05) is 6.20 Å². The van der Waals surface area contributed by atoms with Gasteiger partial charge in [0.25, 0.3) is 0 Å². The van der Waals surface area contributed by atoms with Crippen LogP contribution in [0.2, 0.25) is 0 Å². The van der Waals surface area contributed by atoms with Gasteiger partial charge in [-0.25, -0.2) is 4.79 Å². The molecule has 0 saturated heterocycles. The molecule has 0 bridgehead atoms. The molecule has 0 atom stereocenters. The normalized spacial score (nSPS) is 10.3. The minimum atomic E-state index is -0.571. The summed E-state index contributed by atoms with van der Waals surface area (Å²) < 4.78 is 6.47. The minimum absolute atomic E-state index is 0.0652. The summed E-state index contributed by atoms with van der Waals surface area (Å²) >= 11 is 0. The van der Waals surface area contributed by atoms with Crippen molar-refractivity contribution in [1.82, 2.24) is 9.78 Å². The number of hydrogen-bond acceptors (Lipinski definition) is 4. The van der Waals surface area contributed by atoms with Crippen molar-refractivity contribution >= 4 is 12.3 Å². The maximum absolute atomic E-state index is 11.7. The Hall–Kier alpha value is -2.43. The summed E-state index contributed by atoms with van der Waals surface area (Å²) in [6.07, 6.45) is 2.18. The summed E-state index contributed by atoms with van der Waals surface area (Å²) in [5.41, 5.74) is 2.53. The number of aryl methyl sites for hydroxylation is 1. The third kappa shape index (κ3) is 2.93. The van der Waals surface area contributed by atoms with Gasteiger partial charge in [0.15, 0.2) is 12.0 Å². The molecule has 0 saturated carbocycles. The first-order valence-corrected chi connectivity index (χ1v) is 6.40. The van der Waals surface area contributed by atoms with Crippen LogP contribution >= 0.6 is 0 Å². The fourth-order valence-electron chi connectivity index (χ4n) is 1.92. The number of carbonyl (C=O) groups is 2. The van der Waals surface area contributed by atoms with Crippen LogP contribution in [0.25, 0.3) is 0 Å². The standard InChI is InChI=1S/C15H16N2O3/c1-3-20-15(19)14-13(10-18)9-17(16-14)8-12-7-5-4-6-11(12)2/h4-7,9-10H,3,8H2,1-2H3. The van der Waals surface area contributed by atoms with Crippen LogP contribution in [0.1, 0.15) is 38.9 Å². The Kier molecular flexibility index (Phi) is 4.30. The molecule has 1 aromatic carbocycles. The van der Waals surface area contributed by atoms with Gasteiger partial charge in [-0.3, -0.25) is 9.48 Å². The zero-order valence-electron chi connectivity index (χ0n) is 11.5. The summed E-state index contributed by atoms with van der Waals surface area (Å²) in [6, 6.07) is 7.90. The van der Waals surface area contributed by atoms with E-state index in [-0.39, 0.29) is 17.9 Å². The number of esters is 1. The van der Waals surface area contributed by atoms with Crippen molar-refractivity contribution in [2.24, 2.45) is 0 Å². The first-order valence-electron chi connectivity index (χ1n) is 6.40. The topological polar surface area (TPSA) is 61.2 Å². The van der Waals surface area contributed by atoms with Gasteiger partial charge in [0.2, 0.25) is 0 Å². The third-order valence-electron chi connectivity index (χ3n) is 2.98. The Morgan fingerprint density at radius 3 is 2.80 bits per heavy atom. The van der Waals surface area contributed by atoms with Crippen molar-refractivity contribution in [2.45, 2.75) is 20.4 Å². The highest BCUT2D eigenvalue weighted by atomic mass is 16.5. The Morgan fingerprint density at radius 1 is 1.40 bits per heavy atom. The first kappa shape index (κ1) is 14.0. The van der Waals surface area contributed by atoms with Crippen LogP contribution in [0.4, 0.5) is 0 Å². The van der Waals surface area contributed by atoms with Gasteiger partial charge >= 0.3 is 5.97 Å². The Balaban J connectivity index is 2.28. The number of aromatic nitrogens is 2. The monoisotopic (exact) mass is 272 g/mol. The van der Waals surface area contributed by atoms with E-state index >= 15 is 0 Å². The molecule has 5 heteroatoms. The molecule has 0 aliphatic rings. The van der Waals surface area contributed by atoms with Gasteiger partial charge in [-0.1, -0.05) is 24.3 Å². The molecule has 0 unspecified atom stereocenters. The maximum atomic E-state index is 11.7. The Labute approximate surface area is 117 Å². The van der Waals surface area contributed by atoms with Crippen molar-refractivity contribution < 1.29 is 14.3 Å². The van der Waals surface area contributed by atoms with Gasteiger partial charge < -0.3 is 4.74 Å². The molecule has 2 aromatic rings. The van der Waals surface area contributed by atoms with E-state index in [9.17, 15) is 9.59 Å². The molecule has 5 nitrogen and oxygen atoms in total. The van der Waals surface area contributed by atoms with Crippen molar-refractivity contribution in [2.75, 3.05) is 6.61 Å². The van der Waals surface area contributed by atoms with E-state index in [1.54, 1.807) is 17.8 Å². The quantitative estimate of drug-likeness (QED) is 0.618. The van der Waals surface area contributed by atoms with Crippen molar-refractivity contribution in [3.63, 3.8) is 0 Å². The molecule has 0 amide bonds. The highest BCUT2D eigenvalue weighted by molar-refractivity contribution is 5.96. The molecule has 0 N–H and O–H groups in total. The van der Waals surface area contributed by atoms with Gasteiger partial charge in [-0.15, -0.1) is 0 Å². The van der Waals surface area contributed by atoms with E-state index < -0.39 is 5.97 Å². The zero-order valence-corrected chi connectivity index (χ0v) is 11.5. The Morgan fingerprint density at radius 2 is 2.15 bits per heavy atom. The number of hydrogen-bond donors (Lipinski definition) is 0. The second-order valence-corrected chi connectivity index (χ2v) is 4.40. The lowest BCUT2D eigenvalue weighted by Crippen LogP contribution is -2.09. The number of benzene rings is 1. The molecular weight excluding hydrogens is 256 g/mol. The number of carbonyl (C=O) groups excluding carboxylic acids is 2. The SMILES string of the molecule is CCOC(=O)c1nn(Cc2ccccc2C)cc1C=O. The van der Waals surface area contributed by atoms with Gasteiger partial charge in [-0.05, 0) is 25.0 Å². The molecule has 1 aromatic heterocycles. The highest BCUT2D eigenvalue weighted by Gasteiger charge is 2.17. The molecule has 0 aliphatic carbocycles. The molecule has 0 radical (unpaired) electrons. The highest BCUT2D eigenvalue weighted by Crippen LogP contribution is 2.12. The maximum Gasteiger partial charge on any atom is 0.359 e. The van der Waals surface area contributed by atoms with Crippen LogP contribution in [0.15, 0.2) is 30.5 Å². The lowest BCUT2D eigenvalue weighted by Gasteiger charge is -2.05. The smallest absolute Gasteiger partial charge is 0.359 e. The van der Waals surface area contributed by atoms with E-state index in [1.165, 1.54) is 0 Å². The predicted octanol–water partition coefficient (Wildman–Crippen LogP) is 2.23.